The third-order valence-electron chi connectivity index (χ3n) is 4.18. The van der Waals surface area contributed by atoms with Gasteiger partial charge in [0.1, 0.15) is 0 Å². The predicted octanol–water partition coefficient (Wildman–Crippen LogP) is 4.10. The molecule has 1 amide bonds. The monoisotopic (exact) mass is 288 g/mol. The van der Waals surface area contributed by atoms with E-state index in [9.17, 15) is 4.79 Å². The highest BCUT2D eigenvalue weighted by molar-refractivity contribution is 5.92. The Bertz CT molecular complexity index is 437. The fourth-order valence-electron chi connectivity index (χ4n) is 2.95. The van der Waals surface area contributed by atoms with Gasteiger partial charge in [0.05, 0.1) is 0 Å². The molecule has 116 valence electrons. The molecule has 0 unspecified atom stereocenters. The minimum Gasteiger partial charge on any atom is -0.326 e. The molecule has 0 atom stereocenters. The highest BCUT2D eigenvalue weighted by Gasteiger charge is 2.19. The third kappa shape index (κ3) is 5.50. The fraction of sp³-hybridized carbons (Fsp3) is 0.611. The molecule has 21 heavy (non-hydrogen) atoms. The zero-order valence-corrected chi connectivity index (χ0v) is 13.2. The first-order valence-corrected chi connectivity index (χ1v) is 8.40. The summed E-state index contributed by atoms with van der Waals surface area (Å²) in [7, 11) is 0. The summed E-state index contributed by atoms with van der Waals surface area (Å²) < 4.78 is 0. The van der Waals surface area contributed by atoms with Crippen molar-refractivity contribution in [3.63, 3.8) is 0 Å². The smallest absolute Gasteiger partial charge is 0.227 e. The number of nitrogens with one attached hydrogen (secondary N) is 2. The molecule has 0 bridgehead atoms. The van der Waals surface area contributed by atoms with E-state index in [4.69, 9.17) is 0 Å². The Morgan fingerprint density at radius 2 is 1.95 bits per heavy atom. The lowest BCUT2D eigenvalue weighted by atomic mass is 9.99. The molecular weight excluding hydrogens is 260 g/mol. The summed E-state index contributed by atoms with van der Waals surface area (Å²) in [4.78, 5) is 12.4. The summed E-state index contributed by atoms with van der Waals surface area (Å²) in [5, 5.41) is 6.49. The zero-order valence-electron chi connectivity index (χ0n) is 13.2. The van der Waals surface area contributed by atoms with Gasteiger partial charge in [-0.3, -0.25) is 4.79 Å². The topological polar surface area (TPSA) is 41.1 Å². The van der Waals surface area contributed by atoms with Crippen LogP contribution in [0.2, 0.25) is 0 Å². The van der Waals surface area contributed by atoms with E-state index in [-0.39, 0.29) is 11.8 Å². The Morgan fingerprint density at radius 3 is 2.67 bits per heavy atom. The van der Waals surface area contributed by atoms with Crippen molar-refractivity contribution in [2.24, 2.45) is 5.92 Å². The molecular formula is C18H28N2O. The van der Waals surface area contributed by atoms with Crippen LogP contribution in [0.5, 0.6) is 0 Å². The average Bonchev–Trinajstić information content (AvgIpc) is 2.77. The lowest BCUT2D eigenvalue weighted by Gasteiger charge is -2.14. The largest absolute Gasteiger partial charge is 0.326 e. The van der Waals surface area contributed by atoms with Gasteiger partial charge >= 0.3 is 0 Å². The van der Waals surface area contributed by atoms with Gasteiger partial charge in [-0.15, -0.1) is 0 Å². The highest BCUT2D eigenvalue weighted by Crippen LogP contribution is 2.24. The Labute approximate surface area is 128 Å². The van der Waals surface area contributed by atoms with Gasteiger partial charge in [-0.05, 0) is 43.5 Å². The number of hydrogen-bond donors (Lipinski definition) is 2. The summed E-state index contributed by atoms with van der Waals surface area (Å²) >= 11 is 0. The van der Waals surface area contributed by atoms with Crippen LogP contribution in [0.25, 0.3) is 0 Å². The Hall–Kier alpha value is -1.35. The summed E-state index contributed by atoms with van der Waals surface area (Å²) in [6.07, 6.45) is 8.17. The summed E-state index contributed by atoms with van der Waals surface area (Å²) in [5.74, 6) is 0.407. The van der Waals surface area contributed by atoms with E-state index in [0.717, 1.165) is 38.0 Å². The van der Waals surface area contributed by atoms with E-state index in [0.29, 0.717) is 0 Å². The van der Waals surface area contributed by atoms with Crippen molar-refractivity contribution in [3.8, 4) is 0 Å². The van der Waals surface area contributed by atoms with Crippen molar-refractivity contribution in [1.29, 1.82) is 0 Å². The molecule has 3 heteroatoms. The number of amides is 1. The number of carbonyl (C=O) groups is 1. The predicted molar refractivity (Wildman–Crippen MR) is 88.3 cm³/mol. The van der Waals surface area contributed by atoms with E-state index in [1.165, 1.54) is 31.2 Å². The molecule has 2 rings (SSSR count). The van der Waals surface area contributed by atoms with Crippen LogP contribution in [0.3, 0.4) is 0 Å². The number of anilines is 1. The standard InChI is InChI=1S/C18H28N2O/c1-2-12-19-14-15-8-7-11-17(13-15)20-18(21)16-9-5-3-4-6-10-16/h7-8,11,13,16,19H,2-6,9-10,12,14H2,1H3,(H,20,21). The molecule has 0 heterocycles. The van der Waals surface area contributed by atoms with Gasteiger partial charge in [-0.25, -0.2) is 0 Å². The first-order valence-electron chi connectivity index (χ1n) is 8.40. The van der Waals surface area contributed by atoms with Crippen LogP contribution >= 0.6 is 0 Å². The molecule has 1 saturated carbocycles. The van der Waals surface area contributed by atoms with Gasteiger partial charge in [0, 0.05) is 18.2 Å². The van der Waals surface area contributed by atoms with Crippen LogP contribution in [-0.2, 0) is 11.3 Å². The molecule has 0 aliphatic heterocycles. The van der Waals surface area contributed by atoms with Gasteiger partial charge in [0.2, 0.25) is 5.91 Å². The molecule has 1 fully saturated rings. The molecule has 2 N–H and O–H groups in total. The molecule has 0 radical (unpaired) electrons. The van der Waals surface area contributed by atoms with E-state index in [1.54, 1.807) is 0 Å². The molecule has 0 saturated heterocycles. The Kier molecular flexibility index (Phi) is 6.74. The molecule has 1 aromatic carbocycles. The molecule has 1 aliphatic rings. The number of hydrogen-bond acceptors (Lipinski definition) is 2. The van der Waals surface area contributed by atoms with Crippen molar-refractivity contribution >= 4 is 11.6 Å². The van der Waals surface area contributed by atoms with Gasteiger partial charge in [0.15, 0.2) is 0 Å². The molecule has 1 aromatic rings. The second kappa shape index (κ2) is 8.83. The van der Waals surface area contributed by atoms with Crippen LogP contribution in [0, 0.1) is 5.92 Å². The number of benzene rings is 1. The van der Waals surface area contributed by atoms with Crippen LogP contribution < -0.4 is 10.6 Å². The van der Waals surface area contributed by atoms with Gasteiger partial charge in [0.25, 0.3) is 0 Å². The molecule has 0 aromatic heterocycles. The van der Waals surface area contributed by atoms with Crippen LogP contribution in [0.4, 0.5) is 5.69 Å². The van der Waals surface area contributed by atoms with Gasteiger partial charge in [-0.2, -0.15) is 0 Å². The maximum Gasteiger partial charge on any atom is 0.227 e. The fourth-order valence-corrected chi connectivity index (χ4v) is 2.95. The van der Waals surface area contributed by atoms with E-state index >= 15 is 0 Å². The highest BCUT2D eigenvalue weighted by atomic mass is 16.1. The van der Waals surface area contributed by atoms with E-state index in [2.05, 4.69) is 29.7 Å². The summed E-state index contributed by atoms with van der Waals surface area (Å²) in [5.41, 5.74) is 2.15. The van der Waals surface area contributed by atoms with E-state index < -0.39 is 0 Å². The Balaban J connectivity index is 1.89. The first kappa shape index (κ1) is 16.0. The van der Waals surface area contributed by atoms with Crippen LogP contribution in [0.15, 0.2) is 24.3 Å². The summed E-state index contributed by atoms with van der Waals surface area (Å²) in [6.45, 7) is 4.05. The maximum atomic E-state index is 12.4. The normalized spacial score (nSPS) is 16.4. The molecule has 3 nitrogen and oxygen atoms in total. The van der Waals surface area contributed by atoms with Gasteiger partial charge < -0.3 is 10.6 Å². The van der Waals surface area contributed by atoms with Crippen molar-refractivity contribution in [2.75, 3.05) is 11.9 Å². The average molecular weight is 288 g/mol. The lowest BCUT2D eigenvalue weighted by molar-refractivity contribution is -0.120. The van der Waals surface area contributed by atoms with E-state index in [1.807, 2.05) is 12.1 Å². The second-order valence-electron chi connectivity index (χ2n) is 6.05. The lowest BCUT2D eigenvalue weighted by Crippen LogP contribution is -2.22. The molecule has 1 aliphatic carbocycles. The van der Waals surface area contributed by atoms with Crippen molar-refractivity contribution in [3.05, 3.63) is 29.8 Å². The Morgan fingerprint density at radius 1 is 1.19 bits per heavy atom. The van der Waals surface area contributed by atoms with Gasteiger partial charge in [-0.1, -0.05) is 44.7 Å². The van der Waals surface area contributed by atoms with Crippen LogP contribution in [0.1, 0.15) is 57.4 Å². The minimum atomic E-state index is 0.203. The quantitative estimate of drug-likeness (QED) is 0.611. The second-order valence-corrected chi connectivity index (χ2v) is 6.05. The van der Waals surface area contributed by atoms with Crippen molar-refractivity contribution in [1.82, 2.24) is 5.32 Å². The van der Waals surface area contributed by atoms with Crippen molar-refractivity contribution in [2.45, 2.75) is 58.4 Å². The van der Waals surface area contributed by atoms with Crippen molar-refractivity contribution < 1.29 is 4.79 Å². The minimum absolute atomic E-state index is 0.203. The number of rotatable bonds is 6. The SMILES string of the molecule is CCCNCc1cccc(NC(=O)C2CCCCCC2)c1. The van der Waals surface area contributed by atoms with Crippen LogP contribution in [-0.4, -0.2) is 12.5 Å². The number of carbonyl (C=O) groups excluding carboxylic acids is 1. The summed E-state index contributed by atoms with van der Waals surface area (Å²) in [6, 6.07) is 8.19. The maximum absolute atomic E-state index is 12.4. The zero-order chi connectivity index (χ0) is 14.9. The third-order valence-corrected chi connectivity index (χ3v) is 4.18. The first-order chi connectivity index (χ1) is 10.3. The molecule has 0 spiro atoms.